The zero-order valence-corrected chi connectivity index (χ0v) is 10.6. The van der Waals surface area contributed by atoms with Crippen LogP contribution in [0, 0.1) is 11.8 Å². The Morgan fingerprint density at radius 2 is 1.50 bits per heavy atom. The van der Waals surface area contributed by atoms with Gasteiger partial charge in [-0.1, -0.05) is 66.4 Å². The highest BCUT2D eigenvalue weighted by atomic mass is 14.2. The zero-order valence-electron chi connectivity index (χ0n) is 10.6. The van der Waals surface area contributed by atoms with Crippen LogP contribution in [0.4, 0.5) is 0 Å². The molecule has 0 amide bonds. The number of hydrogen-bond acceptors (Lipinski definition) is 0. The lowest BCUT2D eigenvalue weighted by Crippen LogP contribution is -2.15. The fraction of sp³-hybridized carbons (Fsp3) is 0.111. The van der Waals surface area contributed by atoms with Crippen LogP contribution >= 0.6 is 0 Å². The molecule has 18 heavy (non-hydrogen) atoms. The van der Waals surface area contributed by atoms with Crippen LogP contribution < -0.4 is 0 Å². The minimum atomic E-state index is -0.308. The molecular weight excluding hydrogens is 216 g/mol. The van der Waals surface area contributed by atoms with Gasteiger partial charge >= 0.3 is 0 Å². The van der Waals surface area contributed by atoms with Crippen LogP contribution in [0.25, 0.3) is 0 Å². The minimum Gasteiger partial charge on any atom is -0.101 e. The van der Waals surface area contributed by atoms with Gasteiger partial charge in [-0.2, -0.15) is 0 Å². The van der Waals surface area contributed by atoms with Gasteiger partial charge in [-0.15, -0.1) is 6.58 Å². The van der Waals surface area contributed by atoms with Crippen molar-refractivity contribution in [2.75, 3.05) is 0 Å². The molecule has 0 saturated carbocycles. The summed E-state index contributed by atoms with van der Waals surface area (Å²) in [5, 5.41) is 0. The van der Waals surface area contributed by atoms with Crippen molar-refractivity contribution in [3.05, 3.63) is 84.4 Å². The van der Waals surface area contributed by atoms with Crippen molar-refractivity contribution in [2.24, 2.45) is 0 Å². The Kier molecular flexibility index (Phi) is 3.65. The van der Waals surface area contributed by atoms with Crippen LogP contribution in [-0.2, 0) is 5.41 Å². The van der Waals surface area contributed by atoms with Gasteiger partial charge in [-0.05, 0) is 24.6 Å². The quantitative estimate of drug-likeness (QED) is 0.538. The molecule has 0 N–H and O–H groups in total. The van der Waals surface area contributed by atoms with Crippen LogP contribution in [0.5, 0.6) is 0 Å². The van der Waals surface area contributed by atoms with E-state index in [1.54, 1.807) is 0 Å². The molecule has 0 unspecified atom stereocenters. The average Bonchev–Trinajstić information content (AvgIpc) is 2.47. The normalized spacial score (nSPS) is 12.9. The third-order valence-corrected chi connectivity index (χ3v) is 3.02. The van der Waals surface area contributed by atoms with E-state index in [0.29, 0.717) is 0 Å². The molecule has 0 fully saturated rings. The van der Waals surface area contributed by atoms with Gasteiger partial charge in [-0.25, -0.2) is 0 Å². The number of benzene rings is 2. The first-order valence-electron chi connectivity index (χ1n) is 6.02. The molecule has 0 aliphatic rings. The Hall–Kier alpha value is -2.26. The fourth-order valence-corrected chi connectivity index (χ4v) is 1.75. The number of rotatable bonds is 2. The van der Waals surface area contributed by atoms with Crippen molar-refractivity contribution in [3.8, 4) is 11.8 Å². The Labute approximate surface area is 109 Å². The van der Waals surface area contributed by atoms with E-state index in [-0.39, 0.29) is 5.41 Å². The fourth-order valence-electron chi connectivity index (χ4n) is 1.75. The van der Waals surface area contributed by atoms with Gasteiger partial charge < -0.3 is 0 Å². The predicted molar refractivity (Wildman–Crippen MR) is 77.3 cm³/mol. The van der Waals surface area contributed by atoms with Crippen molar-refractivity contribution in [1.29, 1.82) is 0 Å². The molecule has 0 aliphatic heterocycles. The third kappa shape index (κ3) is 2.70. The van der Waals surface area contributed by atoms with Crippen LogP contribution in [0.1, 0.15) is 18.1 Å². The molecule has 0 spiro atoms. The van der Waals surface area contributed by atoms with Gasteiger partial charge in [-0.3, -0.25) is 0 Å². The van der Waals surface area contributed by atoms with Gasteiger partial charge in [0.05, 0.1) is 5.41 Å². The largest absolute Gasteiger partial charge is 0.101 e. The lowest BCUT2D eigenvalue weighted by Gasteiger charge is -2.19. The monoisotopic (exact) mass is 232 g/mol. The predicted octanol–water partition coefficient (Wildman–Crippen LogP) is 4.18. The van der Waals surface area contributed by atoms with Crippen molar-refractivity contribution >= 4 is 0 Å². The summed E-state index contributed by atoms with van der Waals surface area (Å²) in [5.41, 5.74) is 1.89. The molecule has 0 saturated heterocycles. The molecule has 2 aromatic rings. The standard InChI is InChI=1S/C18H16/c1-3-18(2,17-12-8-5-9-13-17)15-14-16-10-6-4-7-11-16/h3-13H,1H2,2H3/t18-/m0/s1. The first-order chi connectivity index (χ1) is 8.74. The zero-order chi connectivity index (χ0) is 12.8. The highest BCUT2D eigenvalue weighted by molar-refractivity contribution is 5.44. The smallest absolute Gasteiger partial charge is 0.0715 e. The molecule has 2 aromatic carbocycles. The summed E-state index contributed by atoms with van der Waals surface area (Å²) in [6.45, 7) is 6.01. The SMILES string of the molecule is C=C[C@@](C)(C#Cc1ccccc1)c1ccccc1. The van der Waals surface area contributed by atoms with Crippen LogP contribution in [-0.4, -0.2) is 0 Å². The maximum atomic E-state index is 3.92. The van der Waals surface area contributed by atoms with E-state index in [1.165, 1.54) is 5.56 Å². The van der Waals surface area contributed by atoms with Gasteiger partial charge in [0.25, 0.3) is 0 Å². The topological polar surface area (TPSA) is 0 Å². The summed E-state index contributed by atoms with van der Waals surface area (Å²) in [6.07, 6.45) is 1.90. The molecule has 0 radical (unpaired) electrons. The van der Waals surface area contributed by atoms with Gasteiger partial charge in [0.1, 0.15) is 0 Å². The van der Waals surface area contributed by atoms with Crippen molar-refractivity contribution in [2.45, 2.75) is 12.3 Å². The van der Waals surface area contributed by atoms with Crippen molar-refractivity contribution in [3.63, 3.8) is 0 Å². The van der Waals surface area contributed by atoms with E-state index in [2.05, 4.69) is 37.5 Å². The highest BCUT2D eigenvalue weighted by Gasteiger charge is 2.19. The molecule has 0 aliphatic carbocycles. The molecule has 0 bridgehead atoms. The molecular formula is C18H16. The van der Waals surface area contributed by atoms with Crippen molar-refractivity contribution in [1.82, 2.24) is 0 Å². The minimum absolute atomic E-state index is 0.308. The number of hydrogen-bond donors (Lipinski definition) is 0. The Morgan fingerprint density at radius 3 is 2.06 bits per heavy atom. The van der Waals surface area contributed by atoms with Crippen LogP contribution in [0.2, 0.25) is 0 Å². The maximum absolute atomic E-state index is 3.92. The van der Waals surface area contributed by atoms with Gasteiger partial charge in [0, 0.05) is 5.56 Å². The summed E-state index contributed by atoms with van der Waals surface area (Å²) in [7, 11) is 0. The summed E-state index contributed by atoms with van der Waals surface area (Å²) in [6, 6.07) is 20.3. The molecule has 2 rings (SSSR count). The lowest BCUT2D eigenvalue weighted by molar-refractivity contribution is 0.792. The second-order valence-electron chi connectivity index (χ2n) is 4.39. The highest BCUT2D eigenvalue weighted by Crippen LogP contribution is 2.23. The van der Waals surface area contributed by atoms with E-state index in [1.807, 2.05) is 54.6 Å². The third-order valence-electron chi connectivity index (χ3n) is 3.02. The van der Waals surface area contributed by atoms with Crippen LogP contribution in [0.3, 0.4) is 0 Å². The molecule has 1 atom stereocenters. The second kappa shape index (κ2) is 5.38. The lowest BCUT2D eigenvalue weighted by atomic mass is 9.83. The van der Waals surface area contributed by atoms with Crippen molar-refractivity contribution < 1.29 is 0 Å². The molecule has 0 nitrogen and oxygen atoms in total. The average molecular weight is 232 g/mol. The Balaban J connectivity index is 2.36. The number of allylic oxidation sites excluding steroid dienone is 1. The summed E-state index contributed by atoms with van der Waals surface area (Å²) in [5.74, 6) is 6.52. The second-order valence-corrected chi connectivity index (χ2v) is 4.39. The maximum Gasteiger partial charge on any atom is 0.0715 e. The van der Waals surface area contributed by atoms with Gasteiger partial charge in [0.2, 0.25) is 0 Å². The van der Waals surface area contributed by atoms with E-state index < -0.39 is 0 Å². The first kappa shape index (κ1) is 12.2. The summed E-state index contributed by atoms with van der Waals surface area (Å²) < 4.78 is 0. The van der Waals surface area contributed by atoms with E-state index in [9.17, 15) is 0 Å². The molecule has 0 aromatic heterocycles. The Bertz CT molecular complexity index is 570. The summed E-state index contributed by atoms with van der Waals surface area (Å²) in [4.78, 5) is 0. The first-order valence-corrected chi connectivity index (χ1v) is 6.02. The van der Waals surface area contributed by atoms with E-state index in [0.717, 1.165) is 5.56 Å². The molecule has 0 heteroatoms. The van der Waals surface area contributed by atoms with Crippen LogP contribution in [0.15, 0.2) is 73.3 Å². The molecule has 88 valence electrons. The summed E-state index contributed by atoms with van der Waals surface area (Å²) >= 11 is 0. The van der Waals surface area contributed by atoms with E-state index >= 15 is 0 Å². The Morgan fingerprint density at radius 1 is 0.944 bits per heavy atom. The molecule has 0 heterocycles. The van der Waals surface area contributed by atoms with E-state index in [4.69, 9.17) is 0 Å². The van der Waals surface area contributed by atoms with Gasteiger partial charge in [0.15, 0.2) is 0 Å².